The van der Waals surface area contributed by atoms with Crippen molar-refractivity contribution in [1.29, 1.82) is 0 Å². The van der Waals surface area contributed by atoms with Gasteiger partial charge in [-0.3, -0.25) is 0 Å². The van der Waals surface area contributed by atoms with E-state index < -0.39 is 5.54 Å². The molecule has 0 amide bonds. The van der Waals surface area contributed by atoms with Crippen molar-refractivity contribution in [1.82, 2.24) is 0 Å². The summed E-state index contributed by atoms with van der Waals surface area (Å²) in [6, 6.07) is 5.06. The highest BCUT2D eigenvalue weighted by Gasteiger charge is 2.42. The maximum absolute atomic E-state index is 13.7. The number of hydrogen-bond acceptors (Lipinski definition) is 1. The molecule has 0 spiro atoms. The van der Waals surface area contributed by atoms with Crippen LogP contribution in [-0.4, -0.2) is 0 Å². The fourth-order valence-electron chi connectivity index (χ4n) is 2.37. The van der Waals surface area contributed by atoms with Crippen molar-refractivity contribution in [2.75, 3.05) is 0 Å². The van der Waals surface area contributed by atoms with Crippen LogP contribution in [0.25, 0.3) is 0 Å². The Labute approximate surface area is 94.4 Å². The lowest BCUT2D eigenvalue weighted by Gasteiger charge is -2.45. The molecule has 1 aliphatic rings. The standard InChI is InChI=1S/C12H15ClFN/c1-2-8-6-12(15,7-8)9-4-3-5-10(13)11(9)14/h3-5,8H,2,6-7,15H2,1H3. The Morgan fingerprint density at radius 3 is 2.80 bits per heavy atom. The summed E-state index contributed by atoms with van der Waals surface area (Å²) in [6.45, 7) is 2.14. The van der Waals surface area contributed by atoms with E-state index in [1.807, 2.05) is 0 Å². The van der Waals surface area contributed by atoms with Crippen LogP contribution in [0.1, 0.15) is 31.7 Å². The van der Waals surface area contributed by atoms with Crippen LogP contribution >= 0.6 is 11.6 Å². The Morgan fingerprint density at radius 1 is 1.53 bits per heavy atom. The minimum atomic E-state index is -0.490. The summed E-state index contributed by atoms with van der Waals surface area (Å²) in [4.78, 5) is 0. The van der Waals surface area contributed by atoms with Crippen molar-refractivity contribution in [2.24, 2.45) is 11.7 Å². The highest BCUT2D eigenvalue weighted by Crippen LogP contribution is 2.46. The lowest BCUT2D eigenvalue weighted by molar-refractivity contribution is 0.139. The number of benzene rings is 1. The van der Waals surface area contributed by atoms with Gasteiger partial charge in [0, 0.05) is 11.1 Å². The Morgan fingerprint density at radius 2 is 2.20 bits per heavy atom. The molecule has 0 heterocycles. The second-order valence-electron chi connectivity index (χ2n) is 4.44. The van der Waals surface area contributed by atoms with Crippen molar-refractivity contribution >= 4 is 11.6 Å². The molecule has 1 aromatic carbocycles. The zero-order valence-electron chi connectivity index (χ0n) is 8.76. The van der Waals surface area contributed by atoms with Crippen LogP contribution < -0.4 is 5.73 Å². The van der Waals surface area contributed by atoms with E-state index in [9.17, 15) is 4.39 Å². The van der Waals surface area contributed by atoms with E-state index in [2.05, 4.69) is 6.92 Å². The van der Waals surface area contributed by atoms with Gasteiger partial charge in [0.15, 0.2) is 0 Å². The fraction of sp³-hybridized carbons (Fsp3) is 0.500. The first-order chi connectivity index (χ1) is 7.07. The third-order valence-electron chi connectivity index (χ3n) is 3.37. The van der Waals surface area contributed by atoms with Crippen LogP contribution in [-0.2, 0) is 5.54 Å². The zero-order chi connectivity index (χ0) is 11.1. The van der Waals surface area contributed by atoms with Gasteiger partial charge in [0.2, 0.25) is 0 Å². The molecule has 0 unspecified atom stereocenters. The van der Waals surface area contributed by atoms with Crippen molar-refractivity contribution < 1.29 is 4.39 Å². The van der Waals surface area contributed by atoms with Gasteiger partial charge in [-0.15, -0.1) is 0 Å². The van der Waals surface area contributed by atoms with E-state index in [-0.39, 0.29) is 10.8 Å². The molecule has 2 N–H and O–H groups in total. The summed E-state index contributed by atoms with van der Waals surface area (Å²) in [7, 11) is 0. The number of nitrogens with two attached hydrogens (primary N) is 1. The summed E-state index contributed by atoms with van der Waals surface area (Å²) in [5.74, 6) is 0.282. The Kier molecular flexibility index (Phi) is 2.73. The van der Waals surface area contributed by atoms with E-state index in [1.165, 1.54) is 0 Å². The van der Waals surface area contributed by atoms with E-state index in [0.717, 1.165) is 19.3 Å². The monoisotopic (exact) mass is 227 g/mol. The largest absolute Gasteiger partial charge is 0.321 e. The van der Waals surface area contributed by atoms with E-state index >= 15 is 0 Å². The summed E-state index contributed by atoms with van der Waals surface area (Å²) in [6.07, 6.45) is 2.84. The molecule has 1 nitrogen and oxygen atoms in total. The van der Waals surface area contributed by atoms with Crippen LogP contribution in [0.4, 0.5) is 4.39 Å². The van der Waals surface area contributed by atoms with E-state index in [4.69, 9.17) is 17.3 Å². The Balaban J connectivity index is 2.27. The minimum Gasteiger partial charge on any atom is -0.321 e. The molecule has 1 aromatic rings. The first kappa shape index (κ1) is 10.9. The highest BCUT2D eigenvalue weighted by atomic mass is 35.5. The van der Waals surface area contributed by atoms with Crippen LogP contribution in [0.5, 0.6) is 0 Å². The minimum absolute atomic E-state index is 0.164. The molecule has 0 radical (unpaired) electrons. The van der Waals surface area contributed by atoms with Crippen LogP contribution in [0.3, 0.4) is 0 Å². The van der Waals surface area contributed by atoms with Crippen LogP contribution in [0.2, 0.25) is 5.02 Å². The number of halogens is 2. The van der Waals surface area contributed by atoms with E-state index in [0.29, 0.717) is 11.5 Å². The van der Waals surface area contributed by atoms with Crippen molar-refractivity contribution in [3.63, 3.8) is 0 Å². The average molecular weight is 228 g/mol. The van der Waals surface area contributed by atoms with Gasteiger partial charge in [-0.05, 0) is 24.8 Å². The van der Waals surface area contributed by atoms with Crippen molar-refractivity contribution in [3.8, 4) is 0 Å². The summed E-state index contributed by atoms with van der Waals surface area (Å²) in [5.41, 5.74) is 6.24. The molecule has 0 saturated heterocycles. The molecule has 1 fully saturated rings. The molecular weight excluding hydrogens is 213 g/mol. The molecular formula is C12H15ClFN. The predicted octanol–water partition coefficient (Wildman–Crippen LogP) is 3.45. The second-order valence-corrected chi connectivity index (χ2v) is 4.85. The van der Waals surface area contributed by atoms with Gasteiger partial charge in [0.25, 0.3) is 0 Å². The summed E-state index contributed by atoms with van der Waals surface area (Å²) < 4.78 is 13.7. The second kappa shape index (κ2) is 3.76. The van der Waals surface area contributed by atoms with E-state index in [1.54, 1.807) is 18.2 Å². The van der Waals surface area contributed by atoms with Gasteiger partial charge >= 0.3 is 0 Å². The van der Waals surface area contributed by atoms with Crippen molar-refractivity contribution in [2.45, 2.75) is 31.7 Å². The van der Waals surface area contributed by atoms with Gasteiger partial charge in [-0.1, -0.05) is 37.1 Å². The molecule has 82 valence electrons. The fourth-order valence-corrected chi connectivity index (χ4v) is 2.54. The quantitative estimate of drug-likeness (QED) is 0.823. The molecule has 0 atom stereocenters. The molecule has 15 heavy (non-hydrogen) atoms. The third-order valence-corrected chi connectivity index (χ3v) is 3.66. The number of hydrogen-bond donors (Lipinski definition) is 1. The lowest BCUT2D eigenvalue weighted by atomic mass is 9.64. The summed E-state index contributed by atoms with van der Waals surface area (Å²) in [5, 5.41) is 0.164. The van der Waals surface area contributed by atoms with Crippen LogP contribution in [0.15, 0.2) is 18.2 Å². The topological polar surface area (TPSA) is 26.0 Å². The Hall–Kier alpha value is -0.600. The maximum atomic E-state index is 13.7. The van der Waals surface area contributed by atoms with Crippen LogP contribution in [0, 0.1) is 11.7 Å². The van der Waals surface area contributed by atoms with Gasteiger partial charge in [-0.2, -0.15) is 0 Å². The average Bonchev–Trinajstić information content (AvgIpc) is 2.17. The number of rotatable bonds is 2. The normalized spacial score (nSPS) is 30.0. The highest BCUT2D eigenvalue weighted by molar-refractivity contribution is 6.30. The molecule has 0 bridgehead atoms. The molecule has 3 heteroatoms. The van der Waals surface area contributed by atoms with Crippen molar-refractivity contribution in [3.05, 3.63) is 34.6 Å². The first-order valence-electron chi connectivity index (χ1n) is 5.30. The lowest BCUT2D eigenvalue weighted by Crippen LogP contribution is -2.49. The third kappa shape index (κ3) is 1.77. The van der Waals surface area contributed by atoms with Gasteiger partial charge < -0.3 is 5.73 Å². The molecule has 2 rings (SSSR count). The smallest absolute Gasteiger partial charge is 0.146 e. The molecule has 0 aliphatic heterocycles. The molecule has 1 saturated carbocycles. The summed E-state index contributed by atoms with van der Waals surface area (Å²) >= 11 is 5.74. The van der Waals surface area contributed by atoms with Gasteiger partial charge in [0.05, 0.1) is 5.02 Å². The molecule has 0 aromatic heterocycles. The maximum Gasteiger partial charge on any atom is 0.146 e. The molecule has 1 aliphatic carbocycles. The zero-order valence-corrected chi connectivity index (χ0v) is 9.52. The Bertz CT molecular complexity index is 372. The SMILES string of the molecule is CCC1CC(N)(c2cccc(Cl)c2F)C1. The van der Waals surface area contributed by atoms with Gasteiger partial charge in [0.1, 0.15) is 5.82 Å². The van der Waals surface area contributed by atoms with Gasteiger partial charge in [-0.25, -0.2) is 4.39 Å². The predicted molar refractivity (Wildman–Crippen MR) is 60.3 cm³/mol. The first-order valence-corrected chi connectivity index (χ1v) is 5.68.